The Kier molecular flexibility index (Phi) is 2.24. The summed E-state index contributed by atoms with van der Waals surface area (Å²) in [5.41, 5.74) is 1.55. The zero-order chi connectivity index (χ0) is 11.1. The highest BCUT2D eigenvalue weighted by molar-refractivity contribution is 5.71. The summed E-state index contributed by atoms with van der Waals surface area (Å²) in [6, 6.07) is 5.56. The van der Waals surface area contributed by atoms with Crippen molar-refractivity contribution in [3.63, 3.8) is 0 Å². The average Bonchev–Trinajstić information content (AvgIpc) is 2.70. The first-order chi connectivity index (χ1) is 7.77. The predicted molar refractivity (Wildman–Crippen MR) is 61.4 cm³/mol. The number of likely N-dealkylation sites (N-methyl/N-ethyl adjacent to an activating group) is 1. The van der Waals surface area contributed by atoms with Crippen molar-refractivity contribution in [2.75, 3.05) is 37.0 Å². The molecule has 2 aliphatic rings. The molecular weight excluding hydrogens is 207 g/mol. The maximum absolute atomic E-state index is 13.7. The van der Waals surface area contributed by atoms with Crippen molar-refractivity contribution in [3.8, 4) is 0 Å². The largest absolute Gasteiger partial charge is 0.381 e. The van der Waals surface area contributed by atoms with E-state index in [1.807, 2.05) is 13.1 Å². The number of fused-ring (bicyclic) bond motifs is 2. The number of para-hydroxylation sites is 1. The first-order valence-corrected chi connectivity index (χ1v) is 5.60. The van der Waals surface area contributed by atoms with Crippen molar-refractivity contribution in [1.82, 2.24) is 0 Å². The Labute approximate surface area is 94.2 Å². The van der Waals surface area contributed by atoms with Crippen LogP contribution >= 0.6 is 0 Å². The lowest BCUT2D eigenvalue weighted by atomic mass is 10.0. The van der Waals surface area contributed by atoms with Crippen LogP contribution in [0.1, 0.15) is 0 Å². The van der Waals surface area contributed by atoms with E-state index in [9.17, 15) is 4.39 Å². The van der Waals surface area contributed by atoms with Gasteiger partial charge < -0.3 is 15.0 Å². The van der Waals surface area contributed by atoms with E-state index in [4.69, 9.17) is 4.74 Å². The van der Waals surface area contributed by atoms with Crippen molar-refractivity contribution in [2.24, 2.45) is 5.92 Å². The van der Waals surface area contributed by atoms with Crippen molar-refractivity contribution in [1.29, 1.82) is 0 Å². The molecule has 0 aliphatic carbocycles. The third kappa shape index (κ3) is 1.37. The number of halogens is 1. The van der Waals surface area contributed by atoms with Gasteiger partial charge in [0.1, 0.15) is 5.82 Å². The molecule has 0 amide bonds. The molecule has 4 heteroatoms. The van der Waals surface area contributed by atoms with Crippen LogP contribution in [0.5, 0.6) is 0 Å². The van der Waals surface area contributed by atoms with Gasteiger partial charge in [-0.15, -0.1) is 0 Å². The van der Waals surface area contributed by atoms with Crippen LogP contribution in [0.3, 0.4) is 0 Å². The van der Waals surface area contributed by atoms with E-state index in [0.717, 1.165) is 25.4 Å². The Hall–Kier alpha value is -1.29. The quantitative estimate of drug-likeness (QED) is 0.723. The second kappa shape index (κ2) is 3.63. The smallest absolute Gasteiger partial charge is 0.148 e. The highest BCUT2D eigenvalue weighted by Gasteiger charge is 2.35. The van der Waals surface area contributed by atoms with E-state index in [1.165, 1.54) is 6.07 Å². The van der Waals surface area contributed by atoms with Crippen molar-refractivity contribution in [3.05, 3.63) is 24.0 Å². The zero-order valence-electron chi connectivity index (χ0n) is 9.24. The van der Waals surface area contributed by atoms with Gasteiger partial charge in [0, 0.05) is 19.5 Å². The number of benzene rings is 1. The van der Waals surface area contributed by atoms with Crippen LogP contribution in [-0.4, -0.2) is 32.8 Å². The Bertz CT molecular complexity index is 410. The molecule has 86 valence electrons. The van der Waals surface area contributed by atoms with E-state index in [0.29, 0.717) is 17.6 Å². The monoisotopic (exact) mass is 222 g/mol. The number of hydrogen-bond donors (Lipinski definition) is 1. The Morgan fingerprint density at radius 2 is 2.31 bits per heavy atom. The molecule has 0 spiro atoms. The van der Waals surface area contributed by atoms with Gasteiger partial charge in [0.2, 0.25) is 0 Å². The molecule has 3 rings (SSSR count). The van der Waals surface area contributed by atoms with Crippen LogP contribution in [0.25, 0.3) is 0 Å². The molecule has 1 fully saturated rings. The van der Waals surface area contributed by atoms with Crippen LogP contribution in [-0.2, 0) is 4.74 Å². The van der Waals surface area contributed by atoms with Crippen molar-refractivity contribution in [2.45, 2.75) is 6.04 Å². The van der Waals surface area contributed by atoms with E-state index in [1.54, 1.807) is 6.07 Å². The number of rotatable bonds is 0. The van der Waals surface area contributed by atoms with E-state index >= 15 is 0 Å². The van der Waals surface area contributed by atoms with Crippen LogP contribution in [0, 0.1) is 11.7 Å². The Morgan fingerprint density at radius 1 is 1.44 bits per heavy atom. The number of nitrogens with one attached hydrogen (secondary N) is 1. The molecule has 3 nitrogen and oxygen atoms in total. The minimum absolute atomic E-state index is 0.176. The number of nitrogens with zero attached hydrogens (tertiary/aromatic N) is 1. The molecule has 0 bridgehead atoms. The molecule has 2 unspecified atom stereocenters. The summed E-state index contributed by atoms with van der Waals surface area (Å²) in [4.78, 5) is 2.13. The summed E-state index contributed by atoms with van der Waals surface area (Å²) in [6.07, 6.45) is 0. The lowest BCUT2D eigenvalue weighted by Crippen LogP contribution is -2.37. The van der Waals surface area contributed by atoms with Gasteiger partial charge in [-0.2, -0.15) is 0 Å². The van der Waals surface area contributed by atoms with Crippen LogP contribution in [0.4, 0.5) is 15.8 Å². The molecular formula is C12H15FN2O. The second-order valence-electron chi connectivity index (χ2n) is 4.49. The lowest BCUT2D eigenvalue weighted by molar-refractivity contribution is 0.185. The van der Waals surface area contributed by atoms with Gasteiger partial charge in [0.15, 0.2) is 0 Å². The second-order valence-corrected chi connectivity index (χ2v) is 4.49. The molecule has 2 aliphatic heterocycles. The lowest BCUT2D eigenvalue weighted by Gasteiger charge is -2.27. The normalized spacial score (nSPS) is 28.0. The molecule has 1 saturated heterocycles. The molecule has 0 radical (unpaired) electrons. The zero-order valence-corrected chi connectivity index (χ0v) is 9.24. The van der Waals surface area contributed by atoms with Gasteiger partial charge in [-0.1, -0.05) is 6.07 Å². The highest BCUT2D eigenvalue weighted by atomic mass is 19.1. The Balaban J connectivity index is 2.05. The molecule has 1 aromatic rings. The van der Waals surface area contributed by atoms with Gasteiger partial charge >= 0.3 is 0 Å². The fraction of sp³-hybridized carbons (Fsp3) is 0.500. The van der Waals surface area contributed by atoms with Crippen LogP contribution in [0.2, 0.25) is 0 Å². The van der Waals surface area contributed by atoms with Crippen molar-refractivity contribution >= 4 is 11.4 Å². The van der Waals surface area contributed by atoms with Crippen LogP contribution < -0.4 is 10.2 Å². The Morgan fingerprint density at radius 3 is 3.19 bits per heavy atom. The van der Waals surface area contributed by atoms with Gasteiger partial charge in [0.25, 0.3) is 0 Å². The summed E-state index contributed by atoms with van der Waals surface area (Å²) in [6.45, 7) is 2.28. The fourth-order valence-corrected chi connectivity index (χ4v) is 2.60. The summed E-state index contributed by atoms with van der Waals surface area (Å²) < 4.78 is 19.2. The van der Waals surface area contributed by atoms with Crippen molar-refractivity contribution < 1.29 is 9.13 Å². The number of anilines is 2. The number of ether oxygens (including phenoxy) is 1. The predicted octanol–water partition coefficient (Wildman–Crippen LogP) is 1.70. The summed E-state index contributed by atoms with van der Waals surface area (Å²) in [5, 5.41) is 3.20. The third-order valence-electron chi connectivity index (χ3n) is 3.57. The van der Waals surface area contributed by atoms with E-state index < -0.39 is 0 Å². The molecule has 1 N–H and O–H groups in total. The maximum Gasteiger partial charge on any atom is 0.148 e. The number of hydrogen-bond acceptors (Lipinski definition) is 3. The third-order valence-corrected chi connectivity index (χ3v) is 3.57. The summed E-state index contributed by atoms with van der Waals surface area (Å²) >= 11 is 0. The standard InChI is InChI=1S/C12H15FN2O/c1-15-10-4-2-3-9(13)12(10)14-5-8-6-16-7-11(8)15/h2-4,8,11,14H,5-7H2,1H3. The first kappa shape index (κ1) is 9.90. The minimum atomic E-state index is -0.176. The van der Waals surface area contributed by atoms with E-state index in [2.05, 4.69) is 10.2 Å². The van der Waals surface area contributed by atoms with E-state index in [-0.39, 0.29) is 5.82 Å². The topological polar surface area (TPSA) is 24.5 Å². The van der Waals surface area contributed by atoms with Gasteiger partial charge in [-0.3, -0.25) is 0 Å². The molecule has 2 heterocycles. The minimum Gasteiger partial charge on any atom is -0.381 e. The SMILES string of the molecule is CN1c2cccc(F)c2NCC2COCC21. The van der Waals surface area contributed by atoms with Gasteiger partial charge in [-0.05, 0) is 12.1 Å². The summed E-state index contributed by atoms with van der Waals surface area (Å²) in [7, 11) is 2.01. The molecule has 16 heavy (non-hydrogen) atoms. The van der Waals surface area contributed by atoms with Gasteiger partial charge in [0.05, 0.1) is 30.6 Å². The average molecular weight is 222 g/mol. The maximum atomic E-state index is 13.7. The fourth-order valence-electron chi connectivity index (χ4n) is 2.60. The molecule has 2 atom stereocenters. The van der Waals surface area contributed by atoms with Crippen LogP contribution in [0.15, 0.2) is 18.2 Å². The first-order valence-electron chi connectivity index (χ1n) is 5.60. The summed E-state index contributed by atoms with van der Waals surface area (Å²) in [5.74, 6) is 0.266. The molecule has 0 saturated carbocycles. The molecule has 1 aromatic carbocycles. The van der Waals surface area contributed by atoms with Gasteiger partial charge in [-0.25, -0.2) is 4.39 Å². The highest BCUT2D eigenvalue weighted by Crippen LogP contribution is 2.35. The molecule has 0 aromatic heterocycles.